The van der Waals surface area contributed by atoms with Gasteiger partial charge in [-0.3, -0.25) is 0 Å². The Morgan fingerprint density at radius 1 is 0.254 bits per heavy atom. The highest BCUT2D eigenvalue weighted by atomic mass is 15.1. The topological polar surface area (TPSA) is 3.24 Å². The third kappa shape index (κ3) is 6.16. The predicted octanol–water partition coefficient (Wildman–Crippen LogP) is 17.7. The molecule has 0 unspecified atom stereocenters. The van der Waals surface area contributed by atoms with Gasteiger partial charge in [-0.2, -0.15) is 0 Å². The molecule has 0 aliphatic carbocycles. The Morgan fingerprint density at radius 2 is 0.651 bits per heavy atom. The molecule has 0 aromatic heterocycles. The molecule has 12 aromatic rings. The second-order valence-corrected chi connectivity index (χ2v) is 17.0. The van der Waals surface area contributed by atoms with Crippen molar-refractivity contribution in [3.05, 3.63) is 236 Å². The lowest BCUT2D eigenvalue weighted by Crippen LogP contribution is -2.12. The lowest BCUT2D eigenvalue weighted by Gasteiger charge is -2.31. The summed E-state index contributed by atoms with van der Waals surface area (Å²) in [6.07, 6.45) is 0. The molecule has 296 valence electrons. The van der Waals surface area contributed by atoms with Gasteiger partial charge < -0.3 is 4.90 Å². The molecule has 0 atom stereocenters. The Labute approximate surface area is 367 Å². The summed E-state index contributed by atoms with van der Waals surface area (Å²) >= 11 is 0. The molecule has 0 fully saturated rings. The van der Waals surface area contributed by atoms with Crippen molar-refractivity contribution >= 4 is 81.7 Å². The Morgan fingerprint density at radius 3 is 1.17 bits per heavy atom. The van der Waals surface area contributed by atoms with E-state index in [2.05, 4.69) is 243 Å². The lowest BCUT2D eigenvalue weighted by atomic mass is 9.82. The average Bonchev–Trinajstić information content (AvgIpc) is 3.33. The van der Waals surface area contributed by atoms with E-state index in [9.17, 15) is 0 Å². The van der Waals surface area contributed by atoms with Gasteiger partial charge >= 0.3 is 0 Å². The third-order valence-corrected chi connectivity index (χ3v) is 13.0. The van der Waals surface area contributed by atoms with Gasteiger partial charge in [0.25, 0.3) is 0 Å². The zero-order valence-corrected chi connectivity index (χ0v) is 35.3. The quantitative estimate of drug-likeness (QED) is 0.120. The van der Waals surface area contributed by atoms with E-state index < -0.39 is 0 Å². The van der Waals surface area contributed by atoms with Crippen LogP contribution in [-0.2, 0) is 0 Å². The Bertz CT molecular complexity index is 3700. The number of fused-ring (bicyclic) bond motifs is 7. The number of anilines is 3. The van der Waals surface area contributed by atoms with Gasteiger partial charge in [0.2, 0.25) is 0 Å². The average molecular weight is 802 g/mol. The number of para-hydroxylation sites is 2. The van der Waals surface area contributed by atoms with Crippen LogP contribution in [0.4, 0.5) is 17.1 Å². The van der Waals surface area contributed by atoms with Crippen molar-refractivity contribution in [1.29, 1.82) is 0 Å². The Kier molecular flexibility index (Phi) is 8.69. The molecule has 1 nitrogen and oxygen atoms in total. The number of aryl methyl sites for hydroxylation is 2. The van der Waals surface area contributed by atoms with E-state index in [1.54, 1.807) is 0 Å². The number of benzene rings is 12. The van der Waals surface area contributed by atoms with E-state index in [0.29, 0.717) is 0 Å². The molecule has 0 saturated carbocycles. The molecule has 12 aromatic carbocycles. The molecule has 0 radical (unpaired) electrons. The molecule has 0 N–H and O–H groups in total. The third-order valence-electron chi connectivity index (χ3n) is 13.0. The number of nitrogens with zero attached hydrogens (tertiary/aromatic N) is 1. The first-order valence-electron chi connectivity index (χ1n) is 21.9. The highest BCUT2D eigenvalue weighted by Gasteiger charge is 2.26. The van der Waals surface area contributed by atoms with Gasteiger partial charge in [0, 0.05) is 22.3 Å². The molecule has 0 amide bonds. The monoisotopic (exact) mass is 801 g/mol. The summed E-state index contributed by atoms with van der Waals surface area (Å²) in [6, 6.07) is 83.5. The fourth-order valence-corrected chi connectivity index (χ4v) is 10.2. The SMILES string of the molecule is Cc1ccc2cc(-c3c4ccccc4c(-c4ccc5cc(C)ccc5c4)c4cc5c(cc34)c(-c3ccccc3)c(N(c3ccccc3)c3ccccc3)c3ccccc35)ccc2c1. The van der Waals surface area contributed by atoms with Gasteiger partial charge in [0.15, 0.2) is 0 Å². The molecule has 0 spiro atoms. The minimum atomic E-state index is 1.11. The van der Waals surface area contributed by atoms with E-state index in [1.165, 1.54) is 109 Å². The van der Waals surface area contributed by atoms with Gasteiger partial charge in [-0.05, 0) is 149 Å². The molecule has 63 heavy (non-hydrogen) atoms. The zero-order valence-electron chi connectivity index (χ0n) is 35.3. The molecule has 0 bridgehead atoms. The van der Waals surface area contributed by atoms with E-state index >= 15 is 0 Å². The Balaban J connectivity index is 1.30. The molecule has 0 aliphatic rings. The summed E-state index contributed by atoms with van der Waals surface area (Å²) in [6.45, 7) is 4.34. The van der Waals surface area contributed by atoms with Gasteiger partial charge in [-0.15, -0.1) is 0 Å². The Hall–Kier alpha value is -8.00. The van der Waals surface area contributed by atoms with E-state index in [4.69, 9.17) is 0 Å². The molecule has 1 heteroatoms. The maximum atomic E-state index is 2.53. The van der Waals surface area contributed by atoms with Crippen LogP contribution in [0.25, 0.3) is 98.0 Å². The van der Waals surface area contributed by atoms with Crippen molar-refractivity contribution in [3.63, 3.8) is 0 Å². The van der Waals surface area contributed by atoms with Crippen LogP contribution >= 0.6 is 0 Å². The van der Waals surface area contributed by atoms with E-state index in [0.717, 1.165) is 17.1 Å². The van der Waals surface area contributed by atoms with Crippen molar-refractivity contribution < 1.29 is 0 Å². The minimum Gasteiger partial charge on any atom is -0.309 e. The molecule has 0 saturated heterocycles. The minimum absolute atomic E-state index is 1.11. The first kappa shape index (κ1) is 36.8. The van der Waals surface area contributed by atoms with Crippen molar-refractivity contribution in [2.45, 2.75) is 13.8 Å². The zero-order chi connectivity index (χ0) is 42.0. The van der Waals surface area contributed by atoms with Crippen molar-refractivity contribution in [1.82, 2.24) is 0 Å². The molecular formula is C62H43N. The van der Waals surface area contributed by atoms with Crippen LogP contribution in [0.15, 0.2) is 224 Å². The largest absolute Gasteiger partial charge is 0.309 e. The number of hydrogen-bond donors (Lipinski definition) is 0. The van der Waals surface area contributed by atoms with Gasteiger partial charge in [0.05, 0.1) is 5.69 Å². The summed E-state index contributed by atoms with van der Waals surface area (Å²) in [5, 5.41) is 14.8. The standard InChI is InChI=1S/C62H43N/c1-40-26-28-45-36-47(32-30-43(45)34-40)59-52-23-13-14-24-53(52)60(48-33-31-44-35-41(2)27-29-46(44)37-48)58-39-56-55(38-57(58)59)51-22-12-15-25-54(51)62(61(56)42-16-6-3-7-17-42)63(49-18-8-4-9-19-49)50-20-10-5-11-21-50/h3-39H,1-2H3. The predicted molar refractivity (Wildman–Crippen MR) is 272 cm³/mol. The fourth-order valence-electron chi connectivity index (χ4n) is 10.2. The first-order valence-corrected chi connectivity index (χ1v) is 21.9. The smallest absolute Gasteiger partial charge is 0.0624 e. The molecule has 12 rings (SSSR count). The van der Waals surface area contributed by atoms with Crippen LogP contribution in [0.1, 0.15) is 11.1 Å². The van der Waals surface area contributed by atoms with E-state index in [-0.39, 0.29) is 0 Å². The van der Waals surface area contributed by atoms with Crippen LogP contribution in [0.5, 0.6) is 0 Å². The van der Waals surface area contributed by atoms with Crippen molar-refractivity contribution in [2.75, 3.05) is 4.90 Å². The highest BCUT2D eigenvalue weighted by Crippen LogP contribution is 2.52. The first-order chi connectivity index (χ1) is 31.1. The van der Waals surface area contributed by atoms with Crippen molar-refractivity contribution in [2.24, 2.45) is 0 Å². The van der Waals surface area contributed by atoms with Crippen LogP contribution in [0, 0.1) is 13.8 Å². The van der Waals surface area contributed by atoms with Crippen LogP contribution in [0.2, 0.25) is 0 Å². The highest BCUT2D eigenvalue weighted by molar-refractivity contribution is 6.30. The normalized spacial score (nSPS) is 11.7. The molecular weight excluding hydrogens is 759 g/mol. The molecule has 0 heterocycles. The lowest BCUT2D eigenvalue weighted by molar-refractivity contribution is 1.30. The maximum Gasteiger partial charge on any atom is 0.0624 e. The summed E-state index contributed by atoms with van der Waals surface area (Å²) in [5.41, 5.74) is 13.2. The van der Waals surface area contributed by atoms with Gasteiger partial charge in [-0.1, -0.05) is 187 Å². The molecule has 0 aliphatic heterocycles. The second-order valence-electron chi connectivity index (χ2n) is 17.0. The summed E-state index contributed by atoms with van der Waals surface area (Å²) in [7, 11) is 0. The van der Waals surface area contributed by atoms with E-state index in [1.807, 2.05) is 0 Å². The fraction of sp³-hybridized carbons (Fsp3) is 0.0323. The second kappa shape index (κ2) is 14.9. The van der Waals surface area contributed by atoms with Gasteiger partial charge in [0.1, 0.15) is 0 Å². The van der Waals surface area contributed by atoms with Crippen LogP contribution < -0.4 is 4.90 Å². The van der Waals surface area contributed by atoms with Crippen LogP contribution in [0.3, 0.4) is 0 Å². The number of hydrogen-bond acceptors (Lipinski definition) is 1. The number of rotatable bonds is 6. The van der Waals surface area contributed by atoms with Crippen molar-refractivity contribution in [3.8, 4) is 33.4 Å². The maximum absolute atomic E-state index is 2.53. The summed E-state index contributed by atoms with van der Waals surface area (Å²) in [4.78, 5) is 2.46. The van der Waals surface area contributed by atoms with Gasteiger partial charge in [-0.25, -0.2) is 0 Å². The summed E-state index contributed by atoms with van der Waals surface area (Å²) < 4.78 is 0. The summed E-state index contributed by atoms with van der Waals surface area (Å²) in [5.74, 6) is 0. The van der Waals surface area contributed by atoms with Crippen LogP contribution in [-0.4, -0.2) is 0 Å².